The molecule has 2 aromatic heterocycles. The van der Waals surface area contributed by atoms with E-state index in [1.807, 2.05) is 52.0 Å². The van der Waals surface area contributed by atoms with Gasteiger partial charge in [-0.05, 0) is 49.1 Å². The molecule has 0 aliphatic heterocycles. The summed E-state index contributed by atoms with van der Waals surface area (Å²) in [7, 11) is 0. The summed E-state index contributed by atoms with van der Waals surface area (Å²) in [5.74, 6) is 0.901. The Morgan fingerprint density at radius 3 is 2.75 bits per heavy atom. The number of carbonyl (C=O) groups is 1. The number of anilines is 3. The minimum Gasteiger partial charge on any atom is -0.449 e. The van der Waals surface area contributed by atoms with Crippen molar-refractivity contribution in [3.05, 3.63) is 54.0 Å². The molecule has 2 N–H and O–H groups in total. The molecule has 0 aliphatic rings. The number of nitrogens with one attached hydrogen (secondary N) is 2. The van der Waals surface area contributed by atoms with Gasteiger partial charge in [0.1, 0.15) is 0 Å². The van der Waals surface area contributed by atoms with E-state index in [1.165, 1.54) is 0 Å². The molecule has 0 saturated heterocycles. The van der Waals surface area contributed by atoms with Crippen LogP contribution in [0.2, 0.25) is 0 Å². The average molecular weight is 380 g/mol. The highest BCUT2D eigenvalue weighted by atomic mass is 16.5. The second kappa shape index (κ2) is 8.56. The smallest absolute Gasteiger partial charge is 0.411 e. The first-order valence-electron chi connectivity index (χ1n) is 9.11. The Morgan fingerprint density at radius 2 is 2.04 bits per heavy atom. The number of amides is 1. The van der Waals surface area contributed by atoms with Crippen LogP contribution in [-0.2, 0) is 4.74 Å². The highest BCUT2D eigenvalue weighted by molar-refractivity contribution is 5.88. The number of rotatable bonds is 6. The Labute approximate surface area is 164 Å². The quantitative estimate of drug-likeness (QED) is 0.603. The maximum atomic E-state index is 12.0. The number of aromatic nitrogens is 2. The molecular weight excluding hydrogens is 356 g/mol. The van der Waals surface area contributed by atoms with E-state index in [2.05, 4.69) is 20.6 Å². The molecule has 1 amide bonds. The Bertz CT molecular complexity index is 952. The summed E-state index contributed by atoms with van der Waals surface area (Å²) < 4.78 is 11.0. The van der Waals surface area contributed by atoms with Gasteiger partial charge in [-0.2, -0.15) is 0 Å². The largest absolute Gasteiger partial charge is 0.449 e. The van der Waals surface area contributed by atoms with Crippen molar-refractivity contribution in [2.45, 2.75) is 27.7 Å². The SMILES string of the molecule is Cc1ccc(NC(=O)OCC(C)C)c(C)c1Nc1ncc(-c2cccnc2)o1. The van der Waals surface area contributed by atoms with Crippen molar-refractivity contribution >= 4 is 23.5 Å². The van der Waals surface area contributed by atoms with Gasteiger partial charge in [0.2, 0.25) is 0 Å². The highest BCUT2D eigenvalue weighted by Gasteiger charge is 2.14. The maximum Gasteiger partial charge on any atom is 0.411 e. The molecule has 0 unspecified atom stereocenters. The molecule has 1 aromatic carbocycles. The van der Waals surface area contributed by atoms with Gasteiger partial charge in [-0.1, -0.05) is 19.9 Å². The van der Waals surface area contributed by atoms with Crippen LogP contribution in [0.4, 0.5) is 22.2 Å². The molecule has 0 radical (unpaired) electrons. The molecule has 3 aromatic rings. The number of hydrogen-bond donors (Lipinski definition) is 2. The predicted octanol–water partition coefficient (Wildman–Crippen LogP) is 5.30. The fourth-order valence-electron chi connectivity index (χ4n) is 2.64. The summed E-state index contributed by atoms with van der Waals surface area (Å²) >= 11 is 0. The van der Waals surface area contributed by atoms with E-state index in [4.69, 9.17) is 9.15 Å². The number of hydrogen-bond acceptors (Lipinski definition) is 6. The zero-order valence-corrected chi connectivity index (χ0v) is 16.4. The van der Waals surface area contributed by atoms with E-state index in [0.29, 0.717) is 24.1 Å². The zero-order chi connectivity index (χ0) is 20.1. The Morgan fingerprint density at radius 1 is 1.21 bits per heavy atom. The normalized spacial score (nSPS) is 10.8. The van der Waals surface area contributed by atoms with Crippen molar-refractivity contribution in [2.24, 2.45) is 5.92 Å². The first-order valence-corrected chi connectivity index (χ1v) is 9.11. The van der Waals surface area contributed by atoms with E-state index < -0.39 is 6.09 Å². The van der Waals surface area contributed by atoms with Crippen LogP contribution in [0.3, 0.4) is 0 Å². The Kier molecular flexibility index (Phi) is 5.93. The van der Waals surface area contributed by atoms with Gasteiger partial charge in [0, 0.05) is 23.6 Å². The molecule has 0 fully saturated rings. The third-order valence-electron chi connectivity index (χ3n) is 4.14. The average Bonchev–Trinajstić information content (AvgIpc) is 3.15. The van der Waals surface area contributed by atoms with Gasteiger partial charge in [0.25, 0.3) is 6.01 Å². The summed E-state index contributed by atoms with van der Waals surface area (Å²) in [6.45, 7) is 8.24. The van der Waals surface area contributed by atoms with E-state index in [-0.39, 0.29) is 5.92 Å². The van der Waals surface area contributed by atoms with E-state index in [1.54, 1.807) is 18.6 Å². The molecule has 0 aliphatic carbocycles. The molecule has 0 spiro atoms. The Balaban J connectivity index is 1.77. The lowest BCUT2D eigenvalue weighted by Gasteiger charge is -2.15. The van der Waals surface area contributed by atoms with Crippen LogP contribution < -0.4 is 10.6 Å². The van der Waals surface area contributed by atoms with Crippen molar-refractivity contribution in [1.82, 2.24) is 9.97 Å². The van der Waals surface area contributed by atoms with Gasteiger partial charge in [0.05, 0.1) is 18.5 Å². The summed E-state index contributed by atoms with van der Waals surface area (Å²) in [6, 6.07) is 7.87. The van der Waals surface area contributed by atoms with Crippen molar-refractivity contribution in [1.29, 1.82) is 0 Å². The molecular formula is C21H24N4O3. The molecule has 0 saturated carbocycles. The minimum atomic E-state index is -0.471. The minimum absolute atomic E-state index is 0.279. The number of oxazole rings is 1. The lowest BCUT2D eigenvalue weighted by atomic mass is 10.1. The second-order valence-corrected chi connectivity index (χ2v) is 6.94. The van der Waals surface area contributed by atoms with Crippen molar-refractivity contribution in [3.63, 3.8) is 0 Å². The Hall–Kier alpha value is -3.35. The predicted molar refractivity (Wildman–Crippen MR) is 109 cm³/mol. The van der Waals surface area contributed by atoms with Crippen molar-refractivity contribution in [3.8, 4) is 11.3 Å². The summed E-state index contributed by atoms with van der Waals surface area (Å²) in [6.07, 6.45) is 4.60. The highest BCUT2D eigenvalue weighted by Crippen LogP contribution is 2.31. The van der Waals surface area contributed by atoms with E-state index in [9.17, 15) is 4.79 Å². The lowest BCUT2D eigenvalue weighted by Crippen LogP contribution is -2.17. The number of carbonyl (C=O) groups excluding carboxylic acids is 1. The van der Waals surface area contributed by atoms with Crippen LogP contribution >= 0.6 is 0 Å². The van der Waals surface area contributed by atoms with E-state index in [0.717, 1.165) is 22.4 Å². The van der Waals surface area contributed by atoms with Crippen LogP contribution in [0.5, 0.6) is 0 Å². The number of ether oxygens (including phenoxy) is 1. The topological polar surface area (TPSA) is 89.3 Å². The number of pyridine rings is 1. The summed E-state index contributed by atoms with van der Waals surface area (Å²) in [5.41, 5.74) is 4.20. The van der Waals surface area contributed by atoms with Crippen LogP contribution in [0.25, 0.3) is 11.3 Å². The standard InChI is InChI=1S/C21H24N4O3/c1-13(2)12-27-21(26)24-17-8-7-14(3)19(15(17)4)25-20-23-11-18(28-20)16-6-5-9-22-10-16/h5-11,13H,12H2,1-4H3,(H,23,25)(H,24,26). The van der Waals surface area contributed by atoms with Crippen molar-refractivity contribution in [2.75, 3.05) is 17.2 Å². The molecule has 28 heavy (non-hydrogen) atoms. The van der Waals surface area contributed by atoms with Crippen molar-refractivity contribution < 1.29 is 13.9 Å². The van der Waals surface area contributed by atoms with Gasteiger partial charge in [-0.25, -0.2) is 9.78 Å². The fourth-order valence-corrected chi connectivity index (χ4v) is 2.64. The summed E-state index contributed by atoms with van der Waals surface area (Å²) in [5, 5.41) is 5.99. The van der Waals surface area contributed by atoms with Crippen LogP contribution in [-0.4, -0.2) is 22.7 Å². The molecule has 146 valence electrons. The lowest BCUT2D eigenvalue weighted by molar-refractivity contribution is 0.147. The van der Waals surface area contributed by atoms with Gasteiger partial charge >= 0.3 is 6.09 Å². The first kappa shape index (κ1) is 19.4. The monoisotopic (exact) mass is 380 g/mol. The molecule has 2 heterocycles. The third kappa shape index (κ3) is 4.68. The third-order valence-corrected chi connectivity index (χ3v) is 4.14. The molecule has 7 heteroatoms. The molecule has 7 nitrogen and oxygen atoms in total. The fraction of sp³-hybridized carbons (Fsp3) is 0.286. The number of benzene rings is 1. The van der Waals surface area contributed by atoms with Gasteiger partial charge in [-0.15, -0.1) is 0 Å². The van der Waals surface area contributed by atoms with Gasteiger partial charge in [0.15, 0.2) is 5.76 Å². The van der Waals surface area contributed by atoms with Crippen LogP contribution in [0.1, 0.15) is 25.0 Å². The molecule has 3 rings (SSSR count). The maximum absolute atomic E-state index is 12.0. The molecule has 0 bridgehead atoms. The van der Waals surface area contributed by atoms with Gasteiger partial charge in [-0.3, -0.25) is 10.3 Å². The summed E-state index contributed by atoms with van der Waals surface area (Å²) in [4.78, 5) is 20.4. The first-order chi connectivity index (χ1) is 13.4. The van der Waals surface area contributed by atoms with E-state index >= 15 is 0 Å². The number of aryl methyl sites for hydroxylation is 1. The second-order valence-electron chi connectivity index (χ2n) is 6.94. The molecule has 0 atom stereocenters. The number of nitrogens with zero attached hydrogens (tertiary/aromatic N) is 2. The zero-order valence-electron chi connectivity index (χ0n) is 16.4. The van der Waals surface area contributed by atoms with Gasteiger partial charge < -0.3 is 14.5 Å². The van der Waals surface area contributed by atoms with Crippen LogP contribution in [0.15, 0.2) is 47.3 Å². The van der Waals surface area contributed by atoms with Crippen LogP contribution in [0, 0.1) is 19.8 Å².